The third-order valence-corrected chi connectivity index (χ3v) is 4.15. The smallest absolute Gasteiger partial charge is 0.130 e. The Balaban J connectivity index is 1.77. The summed E-state index contributed by atoms with van der Waals surface area (Å²) in [5, 5.41) is 0. The zero-order chi connectivity index (χ0) is 17.8. The van der Waals surface area contributed by atoms with Crippen molar-refractivity contribution in [2.24, 2.45) is 0 Å². The fourth-order valence-corrected chi connectivity index (χ4v) is 2.60. The van der Waals surface area contributed by atoms with Crippen molar-refractivity contribution in [3.63, 3.8) is 0 Å². The summed E-state index contributed by atoms with van der Waals surface area (Å²) in [6.45, 7) is 4.48. The molecule has 128 valence electrons. The summed E-state index contributed by atoms with van der Waals surface area (Å²) in [5.41, 5.74) is 18.8. The number of benzene rings is 2. The van der Waals surface area contributed by atoms with Gasteiger partial charge in [-0.25, -0.2) is 0 Å². The molecule has 0 fully saturated rings. The van der Waals surface area contributed by atoms with Gasteiger partial charge < -0.3 is 16.2 Å². The van der Waals surface area contributed by atoms with Gasteiger partial charge in [-0.3, -0.25) is 4.98 Å². The molecule has 0 aliphatic rings. The number of aryl methyl sites for hydroxylation is 2. The van der Waals surface area contributed by atoms with Crippen molar-refractivity contribution in [1.82, 2.24) is 4.98 Å². The molecular formula is C21H23N3O. The van der Waals surface area contributed by atoms with Crippen LogP contribution < -0.4 is 16.2 Å². The van der Waals surface area contributed by atoms with Crippen LogP contribution in [0.3, 0.4) is 0 Å². The topological polar surface area (TPSA) is 74.2 Å². The first-order chi connectivity index (χ1) is 12.0. The first-order valence-electron chi connectivity index (χ1n) is 8.29. The maximum atomic E-state index is 6.16. The summed E-state index contributed by atoms with van der Waals surface area (Å²) >= 11 is 0. The largest absolute Gasteiger partial charge is 0.487 e. The van der Waals surface area contributed by atoms with Crippen molar-refractivity contribution in [3.8, 4) is 5.75 Å². The van der Waals surface area contributed by atoms with Gasteiger partial charge in [0.25, 0.3) is 0 Å². The standard InChI is InChI=1S/C21H23N3O/c1-14-3-6-16(7-4-14)9-17-10-19(11-20(22)21(17)23)25-13-18-8-5-15(2)12-24-18/h3-8,10-12H,9,13,22-23H2,1-2H3. The zero-order valence-electron chi connectivity index (χ0n) is 14.6. The summed E-state index contributed by atoms with van der Waals surface area (Å²) < 4.78 is 5.87. The maximum Gasteiger partial charge on any atom is 0.130 e. The summed E-state index contributed by atoms with van der Waals surface area (Å²) in [6.07, 6.45) is 2.55. The van der Waals surface area contributed by atoms with Crippen molar-refractivity contribution >= 4 is 11.4 Å². The molecule has 3 aromatic rings. The van der Waals surface area contributed by atoms with Gasteiger partial charge in [0.2, 0.25) is 0 Å². The Hall–Kier alpha value is -3.01. The number of anilines is 2. The number of aromatic nitrogens is 1. The Bertz CT molecular complexity index is 856. The molecule has 4 N–H and O–H groups in total. The van der Waals surface area contributed by atoms with Gasteiger partial charge in [-0.05, 0) is 49.1 Å². The van der Waals surface area contributed by atoms with Gasteiger partial charge in [-0.15, -0.1) is 0 Å². The number of rotatable bonds is 5. The number of hydrogen-bond donors (Lipinski definition) is 2. The highest BCUT2D eigenvalue weighted by Gasteiger charge is 2.09. The van der Waals surface area contributed by atoms with Gasteiger partial charge >= 0.3 is 0 Å². The van der Waals surface area contributed by atoms with Crippen LogP contribution in [0, 0.1) is 13.8 Å². The van der Waals surface area contributed by atoms with Crippen molar-refractivity contribution in [2.45, 2.75) is 26.9 Å². The first kappa shape index (κ1) is 16.8. The minimum absolute atomic E-state index is 0.396. The van der Waals surface area contributed by atoms with Crippen LogP contribution in [0.15, 0.2) is 54.7 Å². The molecule has 0 unspecified atom stereocenters. The van der Waals surface area contributed by atoms with Crippen molar-refractivity contribution in [1.29, 1.82) is 0 Å². The highest BCUT2D eigenvalue weighted by atomic mass is 16.5. The van der Waals surface area contributed by atoms with Crippen LogP contribution in [-0.2, 0) is 13.0 Å². The first-order valence-corrected chi connectivity index (χ1v) is 8.29. The molecule has 0 amide bonds. The third-order valence-electron chi connectivity index (χ3n) is 4.15. The van der Waals surface area contributed by atoms with Gasteiger partial charge in [0, 0.05) is 12.3 Å². The van der Waals surface area contributed by atoms with E-state index in [1.54, 1.807) is 6.07 Å². The van der Waals surface area contributed by atoms with Gasteiger partial charge in [-0.2, -0.15) is 0 Å². The van der Waals surface area contributed by atoms with E-state index in [4.69, 9.17) is 16.2 Å². The molecule has 3 rings (SSSR count). The van der Waals surface area contributed by atoms with E-state index in [2.05, 4.69) is 36.2 Å². The van der Waals surface area contributed by atoms with E-state index in [-0.39, 0.29) is 0 Å². The van der Waals surface area contributed by atoms with E-state index in [0.717, 1.165) is 23.2 Å². The van der Waals surface area contributed by atoms with Crippen LogP contribution in [0.25, 0.3) is 0 Å². The van der Waals surface area contributed by atoms with Crippen LogP contribution in [0.4, 0.5) is 11.4 Å². The second-order valence-corrected chi connectivity index (χ2v) is 6.36. The van der Waals surface area contributed by atoms with Crippen molar-refractivity contribution < 1.29 is 4.74 Å². The third kappa shape index (κ3) is 4.29. The Labute approximate surface area is 148 Å². The minimum atomic E-state index is 0.396. The molecular weight excluding hydrogens is 310 g/mol. The van der Waals surface area contributed by atoms with E-state index in [9.17, 15) is 0 Å². The van der Waals surface area contributed by atoms with E-state index >= 15 is 0 Å². The molecule has 0 bridgehead atoms. The Kier molecular flexibility index (Phi) is 4.89. The summed E-state index contributed by atoms with van der Waals surface area (Å²) in [7, 11) is 0. The molecule has 1 heterocycles. The second kappa shape index (κ2) is 7.26. The van der Waals surface area contributed by atoms with Crippen LogP contribution in [0.5, 0.6) is 5.75 Å². The Morgan fingerprint density at radius 1 is 0.920 bits per heavy atom. The van der Waals surface area contributed by atoms with Crippen LogP contribution >= 0.6 is 0 Å². The monoisotopic (exact) mass is 333 g/mol. The molecule has 0 atom stereocenters. The fraction of sp³-hybridized carbons (Fsp3) is 0.190. The summed E-state index contributed by atoms with van der Waals surface area (Å²) in [4.78, 5) is 4.35. The number of nitrogens with two attached hydrogens (primary N) is 2. The molecule has 0 radical (unpaired) electrons. The molecule has 0 aliphatic carbocycles. The lowest BCUT2D eigenvalue weighted by molar-refractivity contribution is 0.301. The number of ether oxygens (including phenoxy) is 1. The van der Waals surface area contributed by atoms with Crippen molar-refractivity contribution in [2.75, 3.05) is 11.5 Å². The average molecular weight is 333 g/mol. The molecule has 25 heavy (non-hydrogen) atoms. The predicted octanol–water partition coefficient (Wildman–Crippen LogP) is 4.03. The van der Waals surface area contributed by atoms with E-state index < -0.39 is 0 Å². The quantitative estimate of drug-likeness (QED) is 0.691. The number of nitrogen functional groups attached to an aromatic ring is 2. The zero-order valence-corrected chi connectivity index (χ0v) is 14.6. The number of nitrogens with zero attached hydrogens (tertiary/aromatic N) is 1. The SMILES string of the molecule is Cc1ccc(Cc2cc(OCc3ccc(C)cn3)cc(N)c2N)cc1. The number of pyridine rings is 1. The van der Waals surface area contributed by atoms with Crippen LogP contribution in [-0.4, -0.2) is 4.98 Å². The van der Waals surface area contributed by atoms with Crippen LogP contribution in [0.1, 0.15) is 27.9 Å². The highest BCUT2D eigenvalue weighted by molar-refractivity contribution is 5.70. The molecule has 2 aromatic carbocycles. The van der Waals surface area contributed by atoms with E-state index in [1.807, 2.05) is 31.3 Å². The summed E-state index contributed by atoms with van der Waals surface area (Å²) in [6, 6.07) is 16.1. The van der Waals surface area contributed by atoms with E-state index in [1.165, 1.54) is 11.1 Å². The Morgan fingerprint density at radius 2 is 1.64 bits per heavy atom. The molecule has 4 nitrogen and oxygen atoms in total. The normalized spacial score (nSPS) is 10.6. The average Bonchev–Trinajstić information content (AvgIpc) is 2.60. The highest BCUT2D eigenvalue weighted by Crippen LogP contribution is 2.29. The molecule has 0 spiro atoms. The van der Waals surface area contributed by atoms with E-state index in [0.29, 0.717) is 23.7 Å². The van der Waals surface area contributed by atoms with Crippen LogP contribution in [0.2, 0.25) is 0 Å². The second-order valence-electron chi connectivity index (χ2n) is 6.36. The summed E-state index contributed by atoms with van der Waals surface area (Å²) in [5.74, 6) is 0.705. The molecule has 0 aliphatic heterocycles. The lowest BCUT2D eigenvalue weighted by Crippen LogP contribution is -2.04. The predicted molar refractivity (Wildman–Crippen MR) is 103 cm³/mol. The minimum Gasteiger partial charge on any atom is -0.487 e. The lowest BCUT2D eigenvalue weighted by atomic mass is 10.0. The molecule has 4 heteroatoms. The fourth-order valence-electron chi connectivity index (χ4n) is 2.60. The Morgan fingerprint density at radius 3 is 2.32 bits per heavy atom. The molecule has 0 saturated heterocycles. The van der Waals surface area contributed by atoms with Crippen molar-refractivity contribution in [3.05, 3.63) is 82.7 Å². The number of hydrogen-bond acceptors (Lipinski definition) is 4. The van der Waals surface area contributed by atoms with Gasteiger partial charge in [0.15, 0.2) is 0 Å². The van der Waals surface area contributed by atoms with Gasteiger partial charge in [0.1, 0.15) is 12.4 Å². The molecule has 0 saturated carbocycles. The van der Waals surface area contributed by atoms with Gasteiger partial charge in [-0.1, -0.05) is 35.9 Å². The van der Waals surface area contributed by atoms with Gasteiger partial charge in [0.05, 0.1) is 17.1 Å². The lowest BCUT2D eigenvalue weighted by Gasteiger charge is -2.13. The molecule has 1 aromatic heterocycles. The maximum absolute atomic E-state index is 6.16.